The largest absolute Gasteiger partial charge is 0.482 e. The fraction of sp³-hybridized carbons (Fsp3) is 0.870. The van der Waals surface area contributed by atoms with E-state index in [9.17, 15) is 9.59 Å². The van der Waals surface area contributed by atoms with Crippen LogP contribution in [0.5, 0.6) is 0 Å². The smallest absolute Gasteiger partial charge is 0.414 e. The fourth-order valence-corrected chi connectivity index (χ4v) is 3.77. The number of carbonyl (C=O) groups excluding carboxylic acids is 2. The second-order valence-electron chi connectivity index (χ2n) is 8.41. The molecule has 166 valence electrons. The van der Waals surface area contributed by atoms with Crippen LogP contribution in [-0.2, 0) is 19.1 Å². The molecule has 0 saturated carbocycles. The van der Waals surface area contributed by atoms with E-state index < -0.39 is 23.4 Å². The highest BCUT2D eigenvalue weighted by Crippen LogP contribution is 2.25. The van der Waals surface area contributed by atoms with Crippen LogP contribution in [0.2, 0.25) is 0 Å². The molecule has 29 heavy (non-hydrogen) atoms. The number of ether oxygens (including phenoxy) is 2. The standard InChI is InChI=1S/C23H40N2O4/c1-3-4-5-6-7-8-9-10-11-12-13-14-15-16-17-18-19-23(2)28-21(26)20(25-24)22(27)29-23/h3-19H2,1-2H3. The number of hydrogen-bond acceptors (Lipinski definition) is 4. The zero-order chi connectivity index (χ0) is 21.4. The van der Waals surface area contributed by atoms with Crippen molar-refractivity contribution >= 4 is 17.7 Å². The number of rotatable bonds is 17. The Bertz CT molecular complexity index is 521. The summed E-state index contributed by atoms with van der Waals surface area (Å²) < 4.78 is 10.2. The molecule has 0 N–H and O–H groups in total. The number of nitrogens with zero attached hydrogens (tertiary/aromatic N) is 2. The van der Waals surface area contributed by atoms with Crippen molar-refractivity contribution in [3.63, 3.8) is 0 Å². The average molecular weight is 409 g/mol. The minimum Gasteiger partial charge on any atom is -0.414 e. The molecule has 1 fully saturated rings. The van der Waals surface area contributed by atoms with Gasteiger partial charge in [-0.15, -0.1) is 0 Å². The molecule has 0 radical (unpaired) electrons. The van der Waals surface area contributed by atoms with E-state index in [2.05, 4.69) is 11.7 Å². The number of hydrogen-bond donors (Lipinski definition) is 0. The third-order valence-electron chi connectivity index (χ3n) is 5.59. The molecule has 1 heterocycles. The third-order valence-corrected chi connectivity index (χ3v) is 5.59. The molecule has 0 spiro atoms. The van der Waals surface area contributed by atoms with E-state index in [0.29, 0.717) is 6.42 Å². The summed E-state index contributed by atoms with van der Waals surface area (Å²) in [5.41, 5.74) is 7.91. The summed E-state index contributed by atoms with van der Waals surface area (Å²) in [7, 11) is 0. The predicted octanol–water partition coefficient (Wildman–Crippen LogP) is 6.13. The normalized spacial score (nSPS) is 19.0. The summed E-state index contributed by atoms with van der Waals surface area (Å²) in [5.74, 6) is -3.11. The summed E-state index contributed by atoms with van der Waals surface area (Å²) >= 11 is 0. The number of esters is 2. The molecular formula is C23H40N2O4. The van der Waals surface area contributed by atoms with Crippen molar-refractivity contribution in [3.8, 4) is 0 Å². The van der Waals surface area contributed by atoms with Crippen molar-refractivity contribution in [2.24, 2.45) is 0 Å². The van der Waals surface area contributed by atoms with E-state index in [0.717, 1.165) is 19.3 Å². The van der Waals surface area contributed by atoms with Gasteiger partial charge in [-0.1, -0.05) is 103 Å². The van der Waals surface area contributed by atoms with Gasteiger partial charge in [0.25, 0.3) is 5.79 Å². The number of unbranched alkanes of at least 4 members (excludes halogenated alkanes) is 15. The maximum atomic E-state index is 11.6. The van der Waals surface area contributed by atoms with E-state index in [-0.39, 0.29) is 0 Å². The first kappa shape index (κ1) is 25.4. The van der Waals surface area contributed by atoms with Gasteiger partial charge in [0.2, 0.25) is 0 Å². The molecule has 1 aliphatic heterocycles. The fourth-order valence-electron chi connectivity index (χ4n) is 3.77. The lowest BCUT2D eigenvalue weighted by molar-refractivity contribution is -0.230. The highest BCUT2D eigenvalue weighted by Gasteiger charge is 2.48. The van der Waals surface area contributed by atoms with Crippen LogP contribution in [-0.4, -0.2) is 28.2 Å². The Labute approximate surface area is 176 Å². The van der Waals surface area contributed by atoms with Crippen molar-refractivity contribution in [2.75, 3.05) is 0 Å². The highest BCUT2D eigenvalue weighted by atomic mass is 16.7. The van der Waals surface area contributed by atoms with Crippen LogP contribution in [0.15, 0.2) is 0 Å². The Morgan fingerprint density at radius 1 is 0.690 bits per heavy atom. The summed E-state index contributed by atoms with van der Waals surface area (Å²) in [6.45, 7) is 3.83. The minimum atomic E-state index is -1.25. The SMILES string of the molecule is CCCCCCCCCCCCCCCCCCC1(C)OC(=O)C(=[N+]=[N-])C(=O)O1. The molecule has 6 heteroatoms. The van der Waals surface area contributed by atoms with Gasteiger partial charge in [0, 0.05) is 13.3 Å². The maximum Gasteiger partial charge on any atom is 0.482 e. The zero-order valence-electron chi connectivity index (χ0n) is 18.5. The van der Waals surface area contributed by atoms with Crippen molar-refractivity contribution in [3.05, 3.63) is 5.53 Å². The van der Waals surface area contributed by atoms with Gasteiger partial charge in [-0.2, -0.15) is 4.79 Å². The first-order valence-corrected chi connectivity index (χ1v) is 11.7. The first-order valence-electron chi connectivity index (χ1n) is 11.7. The molecule has 0 aliphatic carbocycles. The molecule has 0 aromatic rings. The van der Waals surface area contributed by atoms with Crippen LogP contribution < -0.4 is 0 Å². The van der Waals surface area contributed by atoms with Crippen molar-refractivity contribution in [1.29, 1.82) is 0 Å². The minimum absolute atomic E-state index is 0.460. The molecule has 1 saturated heterocycles. The Morgan fingerprint density at radius 3 is 1.38 bits per heavy atom. The summed E-state index contributed by atoms with van der Waals surface area (Å²) in [4.78, 5) is 25.8. The summed E-state index contributed by atoms with van der Waals surface area (Å²) in [5, 5.41) is 0. The van der Waals surface area contributed by atoms with Gasteiger partial charge < -0.3 is 15.0 Å². The number of cyclic esters (lactones) is 2. The van der Waals surface area contributed by atoms with Crippen LogP contribution in [0.3, 0.4) is 0 Å². The van der Waals surface area contributed by atoms with Crippen LogP contribution in [0.4, 0.5) is 0 Å². The molecule has 0 aromatic carbocycles. The van der Waals surface area contributed by atoms with Crippen molar-refractivity contribution in [1.82, 2.24) is 0 Å². The van der Waals surface area contributed by atoms with Gasteiger partial charge in [0.05, 0.1) is 0 Å². The van der Waals surface area contributed by atoms with Gasteiger partial charge in [0.15, 0.2) is 0 Å². The molecule has 0 bridgehead atoms. The van der Waals surface area contributed by atoms with E-state index in [4.69, 9.17) is 15.0 Å². The second kappa shape index (κ2) is 15.2. The zero-order valence-corrected chi connectivity index (χ0v) is 18.5. The first-order chi connectivity index (χ1) is 14.0. The lowest BCUT2D eigenvalue weighted by atomic mass is 10.0. The second-order valence-corrected chi connectivity index (χ2v) is 8.41. The Morgan fingerprint density at radius 2 is 1.03 bits per heavy atom. The predicted molar refractivity (Wildman–Crippen MR) is 113 cm³/mol. The van der Waals surface area contributed by atoms with Crippen LogP contribution in [0.1, 0.15) is 123 Å². The monoisotopic (exact) mass is 408 g/mol. The van der Waals surface area contributed by atoms with Gasteiger partial charge in [-0.05, 0) is 6.42 Å². The lowest BCUT2D eigenvalue weighted by Gasteiger charge is -2.30. The van der Waals surface area contributed by atoms with Gasteiger partial charge in [0.1, 0.15) is 0 Å². The van der Waals surface area contributed by atoms with Crippen LogP contribution in [0, 0.1) is 0 Å². The number of carbonyl (C=O) groups is 2. The molecule has 1 aliphatic rings. The molecular weight excluding hydrogens is 368 g/mol. The molecule has 6 nitrogen and oxygen atoms in total. The third kappa shape index (κ3) is 11.2. The van der Waals surface area contributed by atoms with Crippen LogP contribution in [0.25, 0.3) is 5.53 Å². The molecule has 0 aromatic heterocycles. The topological polar surface area (TPSA) is 89.0 Å². The Balaban J connectivity index is 1.91. The Kier molecular flexibility index (Phi) is 13.3. The van der Waals surface area contributed by atoms with Gasteiger partial charge in [-0.25, -0.2) is 9.59 Å². The van der Waals surface area contributed by atoms with Crippen molar-refractivity contribution in [2.45, 2.75) is 129 Å². The van der Waals surface area contributed by atoms with E-state index in [1.165, 1.54) is 83.5 Å². The van der Waals surface area contributed by atoms with E-state index in [1.807, 2.05) is 0 Å². The van der Waals surface area contributed by atoms with E-state index >= 15 is 0 Å². The van der Waals surface area contributed by atoms with Crippen LogP contribution >= 0.6 is 0 Å². The summed E-state index contributed by atoms with van der Waals surface area (Å²) in [6, 6.07) is 0. The molecule has 0 amide bonds. The van der Waals surface area contributed by atoms with Gasteiger partial charge in [-0.3, -0.25) is 0 Å². The molecule has 0 atom stereocenters. The highest BCUT2D eigenvalue weighted by molar-refractivity contribution is 6.61. The summed E-state index contributed by atoms with van der Waals surface area (Å²) in [6.07, 6.45) is 21.1. The lowest BCUT2D eigenvalue weighted by Crippen LogP contribution is -2.49. The molecule has 1 rings (SSSR count). The Hall–Kier alpha value is -1.68. The van der Waals surface area contributed by atoms with E-state index in [1.54, 1.807) is 6.92 Å². The average Bonchev–Trinajstić information content (AvgIpc) is 2.67. The maximum absolute atomic E-state index is 11.6. The molecule has 0 unspecified atom stereocenters. The van der Waals surface area contributed by atoms with Gasteiger partial charge >= 0.3 is 17.7 Å². The van der Waals surface area contributed by atoms with Crippen molar-refractivity contribution < 1.29 is 23.9 Å². The quantitative estimate of drug-likeness (QED) is 0.125.